The fourth-order valence-corrected chi connectivity index (χ4v) is 5.33. The van der Waals surface area contributed by atoms with Crippen molar-refractivity contribution in [2.75, 3.05) is 0 Å². The maximum absolute atomic E-state index is 10.8. The molecule has 0 amide bonds. The van der Waals surface area contributed by atoms with Gasteiger partial charge >= 0.3 is 5.97 Å². The van der Waals surface area contributed by atoms with E-state index in [1.807, 2.05) is 6.92 Å². The zero-order chi connectivity index (χ0) is 13.9. The van der Waals surface area contributed by atoms with Gasteiger partial charge in [0.1, 0.15) is 12.2 Å². The Morgan fingerprint density at radius 2 is 1.80 bits per heavy atom. The highest BCUT2D eigenvalue weighted by molar-refractivity contribution is 5.68. The van der Waals surface area contributed by atoms with Crippen LogP contribution in [0.4, 0.5) is 0 Å². The van der Waals surface area contributed by atoms with E-state index < -0.39 is 5.97 Å². The van der Waals surface area contributed by atoms with Gasteiger partial charge in [-0.25, -0.2) is 4.98 Å². The summed E-state index contributed by atoms with van der Waals surface area (Å²) in [6, 6.07) is 0. The van der Waals surface area contributed by atoms with Gasteiger partial charge in [-0.1, -0.05) is 0 Å². The van der Waals surface area contributed by atoms with Gasteiger partial charge in [-0.15, -0.1) is 0 Å². The molecule has 0 aromatic carbocycles. The van der Waals surface area contributed by atoms with Crippen LogP contribution in [0.15, 0.2) is 4.42 Å². The van der Waals surface area contributed by atoms with E-state index in [4.69, 9.17) is 9.52 Å². The summed E-state index contributed by atoms with van der Waals surface area (Å²) in [5.74, 6) is 4.37. The van der Waals surface area contributed by atoms with E-state index in [0.717, 1.165) is 35.1 Å². The Hall–Kier alpha value is -1.32. The molecule has 1 aromatic rings. The Balaban J connectivity index is 1.64. The standard InChI is InChI=1S/C16H21NO3/c1-8-16(20-13(17-8)7-14(18)19)15-11-3-9-2-10(5-11)6-12(15)4-9/h9-12,15H,2-7H2,1H3,(H,18,19). The molecule has 1 heterocycles. The number of hydrogen-bond donors (Lipinski definition) is 1. The van der Waals surface area contributed by atoms with Gasteiger partial charge in [0.05, 0.1) is 5.69 Å². The second-order valence-electron chi connectivity index (χ2n) is 7.08. The summed E-state index contributed by atoms with van der Waals surface area (Å²) in [4.78, 5) is 15.1. The van der Waals surface area contributed by atoms with Crippen molar-refractivity contribution in [3.63, 3.8) is 0 Å². The summed E-state index contributed by atoms with van der Waals surface area (Å²) in [5, 5.41) is 8.88. The Morgan fingerprint density at radius 1 is 1.20 bits per heavy atom. The van der Waals surface area contributed by atoms with Gasteiger partial charge in [0, 0.05) is 5.92 Å². The van der Waals surface area contributed by atoms with Crippen molar-refractivity contribution < 1.29 is 14.3 Å². The number of nitrogens with zero attached hydrogens (tertiary/aromatic N) is 1. The molecule has 0 atom stereocenters. The average Bonchev–Trinajstić information content (AvgIpc) is 2.68. The van der Waals surface area contributed by atoms with Crippen LogP contribution in [0.1, 0.15) is 55.4 Å². The third kappa shape index (κ3) is 1.88. The van der Waals surface area contributed by atoms with Crippen LogP contribution < -0.4 is 0 Å². The van der Waals surface area contributed by atoms with E-state index in [2.05, 4.69) is 4.98 Å². The Labute approximate surface area is 118 Å². The van der Waals surface area contributed by atoms with E-state index >= 15 is 0 Å². The minimum atomic E-state index is -0.872. The maximum atomic E-state index is 10.8. The van der Waals surface area contributed by atoms with Crippen LogP contribution in [-0.2, 0) is 11.2 Å². The number of carbonyl (C=O) groups is 1. The van der Waals surface area contributed by atoms with Gasteiger partial charge in [-0.3, -0.25) is 4.79 Å². The molecule has 4 bridgehead atoms. The van der Waals surface area contributed by atoms with Crippen LogP contribution in [0.5, 0.6) is 0 Å². The smallest absolute Gasteiger partial charge is 0.312 e. The van der Waals surface area contributed by atoms with Crippen molar-refractivity contribution in [2.24, 2.45) is 23.7 Å². The summed E-state index contributed by atoms with van der Waals surface area (Å²) >= 11 is 0. The molecule has 0 radical (unpaired) electrons. The number of hydrogen-bond acceptors (Lipinski definition) is 3. The lowest BCUT2D eigenvalue weighted by Crippen LogP contribution is -2.43. The maximum Gasteiger partial charge on any atom is 0.312 e. The molecule has 0 unspecified atom stereocenters. The molecule has 4 saturated carbocycles. The molecule has 5 rings (SSSR count). The van der Waals surface area contributed by atoms with Crippen molar-refractivity contribution in [3.05, 3.63) is 17.3 Å². The normalized spacial score (nSPS) is 38.4. The fraction of sp³-hybridized carbons (Fsp3) is 0.750. The summed E-state index contributed by atoms with van der Waals surface area (Å²) in [7, 11) is 0. The highest BCUT2D eigenvalue weighted by Crippen LogP contribution is 2.60. The summed E-state index contributed by atoms with van der Waals surface area (Å²) in [5.41, 5.74) is 0.915. The minimum absolute atomic E-state index is 0.103. The molecule has 1 N–H and O–H groups in total. The molecule has 20 heavy (non-hydrogen) atoms. The van der Waals surface area contributed by atoms with Crippen molar-refractivity contribution in [1.29, 1.82) is 0 Å². The highest BCUT2D eigenvalue weighted by Gasteiger charge is 2.50. The average molecular weight is 275 g/mol. The third-order valence-corrected chi connectivity index (χ3v) is 5.71. The Morgan fingerprint density at radius 3 is 2.35 bits per heavy atom. The van der Waals surface area contributed by atoms with E-state index in [1.165, 1.54) is 32.1 Å². The van der Waals surface area contributed by atoms with Gasteiger partial charge in [-0.05, 0) is 62.7 Å². The lowest BCUT2D eigenvalue weighted by Gasteiger charge is -2.53. The third-order valence-electron chi connectivity index (χ3n) is 5.71. The molecule has 4 aliphatic carbocycles. The first-order valence-electron chi connectivity index (χ1n) is 7.78. The van der Waals surface area contributed by atoms with Crippen molar-refractivity contribution in [3.8, 4) is 0 Å². The molecule has 0 spiro atoms. The van der Waals surface area contributed by atoms with Crippen LogP contribution in [-0.4, -0.2) is 16.1 Å². The number of carboxylic acids is 1. The number of rotatable bonds is 3. The molecule has 0 aliphatic heterocycles. The first-order chi connectivity index (χ1) is 9.60. The molecule has 1 aromatic heterocycles. The van der Waals surface area contributed by atoms with E-state index in [0.29, 0.717) is 11.8 Å². The summed E-state index contributed by atoms with van der Waals surface area (Å²) in [6.07, 6.45) is 6.70. The predicted octanol–water partition coefficient (Wildman–Crippen LogP) is 3.15. The summed E-state index contributed by atoms with van der Waals surface area (Å²) < 4.78 is 5.86. The molecule has 4 fully saturated rings. The second kappa shape index (κ2) is 4.34. The number of carboxylic acid groups (broad SMARTS) is 1. The molecule has 4 nitrogen and oxygen atoms in total. The van der Waals surface area contributed by atoms with Crippen LogP contribution >= 0.6 is 0 Å². The van der Waals surface area contributed by atoms with E-state index in [1.54, 1.807) is 0 Å². The van der Waals surface area contributed by atoms with E-state index in [-0.39, 0.29) is 6.42 Å². The highest BCUT2D eigenvalue weighted by atomic mass is 16.4. The number of aliphatic carboxylic acids is 1. The van der Waals surface area contributed by atoms with Gasteiger partial charge in [0.2, 0.25) is 5.89 Å². The van der Waals surface area contributed by atoms with Crippen molar-refractivity contribution in [1.82, 2.24) is 4.98 Å². The van der Waals surface area contributed by atoms with Crippen LogP contribution in [0.25, 0.3) is 0 Å². The Bertz CT molecular complexity index is 520. The number of aromatic nitrogens is 1. The molecule has 4 heteroatoms. The van der Waals surface area contributed by atoms with Crippen LogP contribution in [0.3, 0.4) is 0 Å². The topological polar surface area (TPSA) is 63.3 Å². The van der Waals surface area contributed by atoms with Gasteiger partial charge in [0.25, 0.3) is 0 Å². The SMILES string of the molecule is Cc1nc(CC(=O)O)oc1C1C2CC3CC(C2)CC1C3. The van der Waals surface area contributed by atoms with Crippen LogP contribution in [0, 0.1) is 30.6 Å². The lowest BCUT2D eigenvalue weighted by molar-refractivity contribution is -0.136. The molecule has 4 aliphatic rings. The largest absolute Gasteiger partial charge is 0.481 e. The molecule has 108 valence electrons. The zero-order valence-corrected chi connectivity index (χ0v) is 11.8. The Kier molecular flexibility index (Phi) is 2.69. The zero-order valence-electron chi connectivity index (χ0n) is 11.8. The molecular formula is C16H21NO3. The van der Waals surface area contributed by atoms with Gasteiger partial charge in [-0.2, -0.15) is 0 Å². The second-order valence-corrected chi connectivity index (χ2v) is 7.08. The van der Waals surface area contributed by atoms with Gasteiger partial charge < -0.3 is 9.52 Å². The quantitative estimate of drug-likeness (QED) is 0.920. The molecular weight excluding hydrogens is 254 g/mol. The van der Waals surface area contributed by atoms with Gasteiger partial charge in [0.15, 0.2) is 0 Å². The monoisotopic (exact) mass is 275 g/mol. The van der Waals surface area contributed by atoms with Crippen molar-refractivity contribution in [2.45, 2.75) is 51.4 Å². The summed E-state index contributed by atoms with van der Waals surface area (Å²) in [6.45, 7) is 1.97. The van der Waals surface area contributed by atoms with Crippen molar-refractivity contribution >= 4 is 5.97 Å². The fourth-order valence-electron chi connectivity index (χ4n) is 5.33. The minimum Gasteiger partial charge on any atom is -0.481 e. The predicted molar refractivity (Wildman–Crippen MR) is 72.4 cm³/mol. The van der Waals surface area contributed by atoms with Crippen LogP contribution in [0.2, 0.25) is 0 Å². The first-order valence-corrected chi connectivity index (χ1v) is 7.78. The lowest BCUT2D eigenvalue weighted by atomic mass is 9.51. The first kappa shape index (κ1) is 12.4. The van der Waals surface area contributed by atoms with E-state index in [9.17, 15) is 4.79 Å². The molecule has 0 saturated heterocycles. The number of oxazole rings is 1. The number of aryl methyl sites for hydroxylation is 1.